The van der Waals surface area contributed by atoms with E-state index >= 15 is 0 Å². The standard InChI is InChI=1S/C17H14Cl2N2O2S.C10H7Cl2N.C9H13N/c1-2-21(12-6-4-3-5-7-12)24(22,23)13-8-9-14-15(10-13)17(19)20-11-16(14)18;1-6-2-3-7-8(4-6)10(12)13-5-9(7)11;1-2-10-8-9-6-4-3-5-7-9/h3-11H,2H2,1H3;2-5H,1H3;3-7,10H,2,8H2,1H3. The van der Waals surface area contributed by atoms with Crippen LogP contribution in [0.1, 0.15) is 25.0 Å². The van der Waals surface area contributed by atoms with Crippen molar-refractivity contribution in [3.63, 3.8) is 0 Å². The highest BCUT2D eigenvalue weighted by Crippen LogP contribution is 2.32. The number of sulfonamides is 1. The minimum atomic E-state index is -3.72. The van der Waals surface area contributed by atoms with Crippen LogP contribution in [0.25, 0.3) is 21.5 Å². The van der Waals surface area contributed by atoms with E-state index in [-0.39, 0.29) is 10.0 Å². The van der Waals surface area contributed by atoms with Crippen molar-refractivity contribution in [2.75, 3.05) is 17.4 Å². The predicted molar refractivity (Wildman–Crippen MR) is 199 cm³/mol. The molecule has 4 aromatic carbocycles. The number of halogens is 4. The summed E-state index contributed by atoms with van der Waals surface area (Å²) in [5, 5.41) is 8.08. The lowest BCUT2D eigenvalue weighted by molar-refractivity contribution is 0.592. The van der Waals surface area contributed by atoms with E-state index < -0.39 is 10.0 Å². The predicted octanol–water partition coefficient (Wildman–Crippen LogP) is 10.4. The van der Waals surface area contributed by atoms with E-state index in [0.29, 0.717) is 38.2 Å². The summed E-state index contributed by atoms with van der Waals surface area (Å²) < 4.78 is 27.4. The molecule has 1 N–H and O–H groups in total. The summed E-state index contributed by atoms with van der Waals surface area (Å²) in [7, 11) is -3.72. The number of para-hydroxylation sites is 1. The van der Waals surface area contributed by atoms with Crippen LogP contribution in [0.15, 0.2) is 114 Å². The molecule has 0 radical (unpaired) electrons. The van der Waals surface area contributed by atoms with E-state index in [1.54, 1.807) is 43.5 Å². The Hall–Kier alpha value is -3.43. The van der Waals surface area contributed by atoms with Crippen LogP contribution in [0.5, 0.6) is 0 Å². The number of benzene rings is 4. The zero-order valence-electron chi connectivity index (χ0n) is 26.1. The van der Waals surface area contributed by atoms with E-state index in [9.17, 15) is 8.42 Å². The van der Waals surface area contributed by atoms with Gasteiger partial charge in [0.2, 0.25) is 0 Å². The Balaban J connectivity index is 0.000000181. The van der Waals surface area contributed by atoms with Crippen molar-refractivity contribution in [3.05, 3.63) is 141 Å². The second-order valence-electron chi connectivity index (χ2n) is 10.3. The SMILES string of the molecule is CCN(c1ccccc1)S(=O)(=O)c1ccc2c(Cl)cnc(Cl)c2c1.CCNCc1ccccc1.Cc1ccc2c(Cl)cnc(Cl)c2c1. The molecule has 0 fully saturated rings. The summed E-state index contributed by atoms with van der Waals surface area (Å²) in [6, 6.07) is 30.0. The Labute approximate surface area is 296 Å². The summed E-state index contributed by atoms with van der Waals surface area (Å²) >= 11 is 24.1. The summed E-state index contributed by atoms with van der Waals surface area (Å²) in [4.78, 5) is 8.10. The fourth-order valence-corrected chi connectivity index (χ4v) is 7.02. The van der Waals surface area contributed by atoms with Gasteiger partial charge >= 0.3 is 0 Å². The first-order valence-corrected chi connectivity index (χ1v) is 17.8. The zero-order chi connectivity index (χ0) is 34.0. The molecule has 0 amide bonds. The molecule has 244 valence electrons. The lowest BCUT2D eigenvalue weighted by Crippen LogP contribution is -2.30. The zero-order valence-corrected chi connectivity index (χ0v) is 29.9. The van der Waals surface area contributed by atoms with E-state index in [2.05, 4.69) is 46.5 Å². The van der Waals surface area contributed by atoms with Gasteiger partial charge in [-0.2, -0.15) is 0 Å². The number of fused-ring (bicyclic) bond motifs is 2. The summed E-state index contributed by atoms with van der Waals surface area (Å²) in [5.41, 5.74) is 3.11. The van der Waals surface area contributed by atoms with Crippen LogP contribution < -0.4 is 9.62 Å². The maximum Gasteiger partial charge on any atom is 0.264 e. The van der Waals surface area contributed by atoms with Gasteiger partial charge < -0.3 is 5.32 Å². The Bertz CT molecular complexity index is 2050. The van der Waals surface area contributed by atoms with Crippen molar-refractivity contribution >= 4 is 83.7 Å². The normalized spacial score (nSPS) is 11.0. The molecule has 0 aliphatic carbocycles. The Morgan fingerprint density at radius 1 is 0.681 bits per heavy atom. The van der Waals surface area contributed by atoms with E-state index in [0.717, 1.165) is 29.4 Å². The number of hydrogen-bond acceptors (Lipinski definition) is 5. The van der Waals surface area contributed by atoms with Gasteiger partial charge in [0.1, 0.15) is 10.3 Å². The maximum absolute atomic E-state index is 13.0. The van der Waals surface area contributed by atoms with Crippen molar-refractivity contribution < 1.29 is 8.42 Å². The van der Waals surface area contributed by atoms with Crippen molar-refractivity contribution in [1.82, 2.24) is 15.3 Å². The molecule has 11 heteroatoms. The van der Waals surface area contributed by atoms with E-state index in [1.165, 1.54) is 28.2 Å². The number of aryl methyl sites for hydroxylation is 1. The van der Waals surface area contributed by atoms with Gasteiger partial charge in [-0.25, -0.2) is 18.4 Å². The Kier molecular flexibility index (Phi) is 13.3. The van der Waals surface area contributed by atoms with Gasteiger partial charge in [-0.05, 0) is 56.3 Å². The molecule has 0 bridgehead atoms. The Morgan fingerprint density at radius 2 is 1.21 bits per heavy atom. The molecule has 0 saturated heterocycles. The largest absolute Gasteiger partial charge is 0.313 e. The molecule has 6 nitrogen and oxygen atoms in total. The molecule has 47 heavy (non-hydrogen) atoms. The molecule has 0 spiro atoms. The average molecular weight is 729 g/mol. The second-order valence-corrected chi connectivity index (χ2v) is 13.7. The third-order valence-electron chi connectivity index (χ3n) is 7.05. The van der Waals surface area contributed by atoms with Crippen LogP contribution in [-0.2, 0) is 16.6 Å². The summed E-state index contributed by atoms with van der Waals surface area (Å²) in [5.74, 6) is 0. The number of hydrogen-bond donors (Lipinski definition) is 1. The average Bonchev–Trinajstić information content (AvgIpc) is 3.09. The van der Waals surface area contributed by atoms with Crippen LogP contribution in [0.2, 0.25) is 20.4 Å². The lowest BCUT2D eigenvalue weighted by atomic mass is 10.1. The number of nitrogens with one attached hydrogen (secondary N) is 1. The molecule has 6 aromatic rings. The molecule has 6 rings (SSSR count). The van der Waals surface area contributed by atoms with Gasteiger partial charge in [-0.1, -0.05) is 126 Å². The smallest absolute Gasteiger partial charge is 0.264 e. The highest BCUT2D eigenvalue weighted by Gasteiger charge is 2.24. The minimum absolute atomic E-state index is 0.145. The molecule has 0 unspecified atom stereocenters. The van der Waals surface area contributed by atoms with Crippen LogP contribution >= 0.6 is 46.4 Å². The molecular weight excluding hydrogens is 694 g/mol. The van der Waals surface area contributed by atoms with E-state index in [4.69, 9.17) is 46.4 Å². The highest BCUT2D eigenvalue weighted by molar-refractivity contribution is 7.92. The van der Waals surface area contributed by atoms with Gasteiger partial charge in [0, 0.05) is 47.0 Å². The summed E-state index contributed by atoms with van der Waals surface area (Å²) in [6.45, 7) is 8.24. The van der Waals surface area contributed by atoms with Gasteiger partial charge in [-0.3, -0.25) is 4.31 Å². The quantitative estimate of drug-likeness (QED) is 0.166. The van der Waals surface area contributed by atoms with Crippen molar-refractivity contribution in [3.8, 4) is 0 Å². The van der Waals surface area contributed by atoms with E-state index in [1.807, 2.05) is 37.3 Å². The van der Waals surface area contributed by atoms with Gasteiger partial charge in [0.15, 0.2) is 0 Å². The van der Waals surface area contributed by atoms with Crippen molar-refractivity contribution in [1.29, 1.82) is 0 Å². The molecule has 0 saturated carbocycles. The molecule has 0 atom stereocenters. The number of rotatable bonds is 7. The highest BCUT2D eigenvalue weighted by atomic mass is 35.5. The third kappa shape index (κ3) is 9.35. The van der Waals surface area contributed by atoms with Gasteiger partial charge in [-0.15, -0.1) is 0 Å². The van der Waals surface area contributed by atoms with Crippen molar-refractivity contribution in [2.24, 2.45) is 0 Å². The van der Waals surface area contributed by atoms with Crippen molar-refractivity contribution in [2.45, 2.75) is 32.2 Å². The topological polar surface area (TPSA) is 75.2 Å². The third-order valence-corrected chi connectivity index (χ3v) is 10.2. The lowest BCUT2D eigenvalue weighted by Gasteiger charge is -2.23. The van der Waals surface area contributed by atoms with Gasteiger partial charge in [0.25, 0.3) is 10.0 Å². The number of nitrogens with zero attached hydrogens (tertiary/aromatic N) is 3. The molecule has 2 heterocycles. The molecule has 2 aromatic heterocycles. The molecular formula is C36H34Cl4N4O2S. The first-order chi connectivity index (χ1) is 22.6. The fraction of sp³-hybridized carbons (Fsp3) is 0.167. The molecule has 0 aliphatic heterocycles. The first kappa shape index (κ1) is 36.4. The number of aromatic nitrogens is 2. The first-order valence-electron chi connectivity index (χ1n) is 14.8. The molecule has 0 aliphatic rings. The monoisotopic (exact) mass is 726 g/mol. The van der Waals surface area contributed by atoms with Gasteiger partial charge in [0.05, 0.1) is 20.6 Å². The fourth-order valence-electron chi connectivity index (χ4n) is 4.68. The number of pyridine rings is 2. The minimum Gasteiger partial charge on any atom is -0.313 e. The second kappa shape index (κ2) is 17.1. The van der Waals surface area contributed by atoms with Crippen LogP contribution in [0.3, 0.4) is 0 Å². The number of anilines is 1. The van der Waals surface area contributed by atoms with Crippen LogP contribution in [-0.4, -0.2) is 31.5 Å². The Morgan fingerprint density at radius 3 is 1.77 bits per heavy atom. The van der Waals surface area contributed by atoms with Crippen LogP contribution in [0, 0.1) is 6.92 Å². The summed E-state index contributed by atoms with van der Waals surface area (Å²) in [6.07, 6.45) is 3.02. The maximum atomic E-state index is 13.0. The van der Waals surface area contributed by atoms with Crippen LogP contribution in [0.4, 0.5) is 5.69 Å².